The van der Waals surface area contributed by atoms with Crippen LogP contribution >= 0.6 is 0 Å². The van der Waals surface area contributed by atoms with Crippen LogP contribution in [0.1, 0.15) is 73.1 Å². The summed E-state index contributed by atoms with van der Waals surface area (Å²) in [5.74, 6) is 0.943. The van der Waals surface area contributed by atoms with Gasteiger partial charge >= 0.3 is 0 Å². The molecule has 0 aromatic rings. The van der Waals surface area contributed by atoms with Gasteiger partial charge in [0.05, 0.1) is 6.10 Å². The molecule has 0 spiro atoms. The average molecular weight is 290 g/mol. The highest BCUT2D eigenvalue weighted by Crippen LogP contribution is 2.30. The standard InChI is InChI=1S/C20H34O/c1-15(2)8-6-11-18(5)19-13-12-16(3)9-7-10-17(4)14-20(19)21/h8-9,14,18-21H,6-7,10-13H2,1-5H3/t18-,19-,20-/m0/s1. The van der Waals surface area contributed by atoms with E-state index < -0.39 is 0 Å². The van der Waals surface area contributed by atoms with Crippen LogP contribution in [0.3, 0.4) is 0 Å². The predicted octanol–water partition coefficient (Wildman–Crippen LogP) is 5.81. The van der Waals surface area contributed by atoms with Crippen molar-refractivity contribution in [1.29, 1.82) is 0 Å². The fraction of sp³-hybridized carbons (Fsp3) is 0.700. The van der Waals surface area contributed by atoms with Crippen LogP contribution < -0.4 is 0 Å². The first-order valence-corrected chi connectivity index (χ1v) is 8.54. The molecule has 0 aliphatic heterocycles. The molecule has 3 atom stereocenters. The molecule has 0 aromatic heterocycles. The first kappa shape index (κ1) is 18.2. The molecule has 1 aliphatic carbocycles. The van der Waals surface area contributed by atoms with E-state index in [1.807, 2.05) is 0 Å². The molecule has 1 rings (SSSR count). The van der Waals surface area contributed by atoms with Crippen LogP contribution in [0.2, 0.25) is 0 Å². The highest BCUT2D eigenvalue weighted by Gasteiger charge is 2.23. The monoisotopic (exact) mass is 290 g/mol. The largest absolute Gasteiger partial charge is 0.389 e. The molecule has 0 bridgehead atoms. The maximum atomic E-state index is 10.6. The summed E-state index contributed by atoms with van der Waals surface area (Å²) in [6.45, 7) is 11.0. The summed E-state index contributed by atoms with van der Waals surface area (Å²) in [6, 6.07) is 0. The van der Waals surface area contributed by atoms with Gasteiger partial charge in [-0.25, -0.2) is 0 Å². The Morgan fingerprint density at radius 3 is 2.67 bits per heavy atom. The van der Waals surface area contributed by atoms with Gasteiger partial charge in [0, 0.05) is 0 Å². The molecule has 1 aliphatic rings. The van der Waals surface area contributed by atoms with Crippen molar-refractivity contribution < 1.29 is 5.11 Å². The zero-order valence-corrected chi connectivity index (χ0v) is 14.7. The fourth-order valence-corrected chi connectivity index (χ4v) is 3.18. The van der Waals surface area contributed by atoms with Crippen molar-refractivity contribution in [3.8, 4) is 0 Å². The second-order valence-electron chi connectivity index (χ2n) is 7.13. The summed E-state index contributed by atoms with van der Waals surface area (Å²) >= 11 is 0. The Hall–Kier alpha value is -0.820. The zero-order chi connectivity index (χ0) is 15.8. The van der Waals surface area contributed by atoms with E-state index in [4.69, 9.17) is 0 Å². The topological polar surface area (TPSA) is 20.2 Å². The third-order valence-corrected chi connectivity index (χ3v) is 4.70. The molecule has 0 fully saturated rings. The van der Waals surface area contributed by atoms with Gasteiger partial charge in [0.2, 0.25) is 0 Å². The van der Waals surface area contributed by atoms with Crippen molar-refractivity contribution in [1.82, 2.24) is 0 Å². The van der Waals surface area contributed by atoms with Gasteiger partial charge in [0.1, 0.15) is 0 Å². The fourth-order valence-electron chi connectivity index (χ4n) is 3.18. The Balaban J connectivity index is 2.74. The highest BCUT2D eigenvalue weighted by atomic mass is 16.3. The lowest BCUT2D eigenvalue weighted by Crippen LogP contribution is -2.25. The van der Waals surface area contributed by atoms with Crippen LogP contribution in [0.15, 0.2) is 34.9 Å². The van der Waals surface area contributed by atoms with E-state index in [1.54, 1.807) is 0 Å². The molecule has 21 heavy (non-hydrogen) atoms. The van der Waals surface area contributed by atoms with Crippen molar-refractivity contribution in [3.63, 3.8) is 0 Å². The molecule has 0 heterocycles. The third-order valence-electron chi connectivity index (χ3n) is 4.70. The maximum Gasteiger partial charge on any atom is 0.0754 e. The van der Waals surface area contributed by atoms with Crippen molar-refractivity contribution in [3.05, 3.63) is 34.9 Å². The van der Waals surface area contributed by atoms with E-state index in [1.165, 1.54) is 23.1 Å². The van der Waals surface area contributed by atoms with E-state index in [0.29, 0.717) is 11.8 Å². The summed E-state index contributed by atoms with van der Waals surface area (Å²) < 4.78 is 0. The molecule has 1 heteroatoms. The number of allylic oxidation sites excluding steroid dienone is 5. The first-order chi connectivity index (χ1) is 9.90. The Labute approximate surface area is 131 Å². The van der Waals surface area contributed by atoms with Crippen LogP contribution in [0, 0.1) is 11.8 Å². The zero-order valence-electron chi connectivity index (χ0n) is 14.7. The normalized spacial score (nSPS) is 25.6. The number of hydrogen-bond acceptors (Lipinski definition) is 1. The number of rotatable bonds is 4. The summed E-state index contributed by atoms with van der Waals surface area (Å²) in [7, 11) is 0. The quantitative estimate of drug-likeness (QED) is 0.647. The molecule has 0 saturated carbocycles. The van der Waals surface area contributed by atoms with Crippen molar-refractivity contribution >= 4 is 0 Å². The van der Waals surface area contributed by atoms with Gasteiger partial charge in [0.25, 0.3) is 0 Å². The lowest BCUT2D eigenvalue weighted by molar-refractivity contribution is 0.106. The Kier molecular flexibility index (Phi) is 8.03. The Morgan fingerprint density at radius 1 is 1.29 bits per heavy atom. The van der Waals surface area contributed by atoms with Gasteiger partial charge in [-0.15, -0.1) is 0 Å². The molecule has 0 unspecified atom stereocenters. The number of hydrogen-bond donors (Lipinski definition) is 1. The molecule has 1 nitrogen and oxygen atoms in total. The van der Waals surface area contributed by atoms with E-state index in [-0.39, 0.29) is 6.10 Å². The lowest BCUT2D eigenvalue weighted by atomic mass is 9.80. The second-order valence-corrected chi connectivity index (χ2v) is 7.13. The van der Waals surface area contributed by atoms with Crippen molar-refractivity contribution in [2.45, 2.75) is 79.2 Å². The highest BCUT2D eigenvalue weighted by molar-refractivity contribution is 5.09. The predicted molar refractivity (Wildman–Crippen MR) is 93.3 cm³/mol. The van der Waals surface area contributed by atoms with Gasteiger partial charge in [0.15, 0.2) is 0 Å². The summed E-state index contributed by atoms with van der Waals surface area (Å²) in [4.78, 5) is 0. The van der Waals surface area contributed by atoms with Gasteiger partial charge in [-0.3, -0.25) is 0 Å². The number of aliphatic hydroxyl groups is 1. The minimum Gasteiger partial charge on any atom is -0.389 e. The summed E-state index contributed by atoms with van der Waals surface area (Å²) in [5, 5.41) is 10.6. The van der Waals surface area contributed by atoms with Gasteiger partial charge in [-0.2, -0.15) is 0 Å². The molecule has 0 amide bonds. The van der Waals surface area contributed by atoms with Crippen LogP contribution in [0.25, 0.3) is 0 Å². The third kappa shape index (κ3) is 7.13. The maximum absolute atomic E-state index is 10.6. The summed E-state index contributed by atoms with van der Waals surface area (Å²) in [5.41, 5.74) is 4.21. The Morgan fingerprint density at radius 2 is 2.00 bits per heavy atom. The van der Waals surface area contributed by atoms with Gasteiger partial charge in [-0.1, -0.05) is 41.9 Å². The van der Waals surface area contributed by atoms with E-state index in [9.17, 15) is 5.11 Å². The molecule has 0 radical (unpaired) electrons. The SMILES string of the molecule is CC(C)=CCC[C@H](C)[C@@H]1CCC(C)=CCCC(C)=C[C@@H]1O. The minimum atomic E-state index is -0.280. The molecule has 0 aromatic carbocycles. The second kappa shape index (κ2) is 9.25. The number of aliphatic hydroxyl groups excluding tert-OH is 1. The molecule has 1 N–H and O–H groups in total. The smallest absolute Gasteiger partial charge is 0.0754 e. The van der Waals surface area contributed by atoms with Crippen LogP contribution in [-0.4, -0.2) is 11.2 Å². The van der Waals surface area contributed by atoms with Crippen LogP contribution in [-0.2, 0) is 0 Å². The van der Waals surface area contributed by atoms with Gasteiger partial charge < -0.3 is 5.11 Å². The molecule has 0 saturated heterocycles. The minimum absolute atomic E-state index is 0.280. The Bertz CT molecular complexity index is 396. The van der Waals surface area contributed by atoms with Crippen molar-refractivity contribution in [2.75, 3.05) is 0 Å². The first-order valence-electron chi connectivity index (χ1n) is 8.54. The lowest BCUT2D eigenvalue weighted by Gasteiger charge is -2.28. The molecule has 120 valence electrons. The van der Waals surface area contributed by atoms with Crippen molar-refractivity contribution in [2.24, 2.45) is 11.8 Å². The molecular formula is C20H34O. The van der Waals surface area contributed by atoms with E-state index in [2.05, 4.69) is 52.8 Å². The molecular weight excluding hydrogens is 256 g/mol. The average Bonchev–Trinajstić information content (AvgIpc) is 2.37. The van der Waals surface area contributed by atoms with E-state index >= 15 is 0 Å². The van der Waals surface area contributed by atoms with Crippen LogP contribution in [0.5, 0.6) is 0 Å². The summed E-state index contributed by atoms with van der Waals surface area (Å²) in [6.07, 6.45) is 13.2. The van der Waals surface area contributed by atoms with Gasteiger partial charge in [-0.05, 0) is 78.1 Å². The van der Waals surface area contributed by atoms with E-state index in [0.717, 1.165) is 32.1 Å². The van der Waals surface area contributed by atoms with Crippen LogP contribution in [0.4, 0.5) is 0 Å².